The molecule has 0 bridgehead atoms. The summed E-state index contributed by atoms with van der Waals surface area (Å²) in [5, 5.41) is 2.72. The number of nitrogens with one attached hydrogen (secondary N) is 1. The number of fused-ring (bicyclic) bond motifs is 1. The number of halogens is 3. The fourth-order valence-electron chi connectivity index (χ4n) is 5.00. The second-order valence-corrected chi connectivity index (χ2v) is 9.88. The lowest BCUT2D eigenvalue weighted by Crippen LogP contribution is -2.40. The molecule has 3 aromatic carbocycles. The number of carbonyl (C=O) groups is 2. The first-order valence-corrected chi connectivity index (χ1v) is 12.6. The first-order valence-electron chi connectivity index (χ1n) is 12.6. The Balaban J connectivity index is 0.00000323. The minimum Gasteiger partial charge on any atom is -0.454 e. The number of anilines is 1. The van der Waals surface area contributed by atoms with Crippen LogP contribution in [0.25, 0.3) is 11.1 Å². The Labute approximate surface area is 223 Å². The van der Waals surface area contributed by atoms with Crippen molar-refractivity contribution in [2.45, 2.75) is 24.4 Å². The molecule has 1 N–H and O–H groups in total. The predicted molar refractivity (Wildman–Crippen MR) is 138 cm³/mol. The summed E-state index contributed by atoms with van der Waals surface area (Å²) in [5.74, 6) is 0.608. The first-order chi connectivity index (χ1) is 18.7. The number of benzene rings is 3. The van der Waals surface area contributed by atoms with Crippen molar-refractivity contribution in [1.29, 1.82) is 0 Å². The average molecular weight is 541 g/mol. The molecule has 3 aliphatic rings. The summed E-state index contributed by atoms with van der Waals surface area (Å²) < 4.78 is 57.5. The molecule has 6 rings (SSSR count). The van der Waals surface area contributed by atoms with Crippen LogP contribution in [0.2, 0.25) is 0 Å². The average Bonchev–Trinajstić information content (AvgIpc) is 3.63. The summed E-state index contributed by atoms with van der Waals surface area (Å²) >= 11 is 0. The summed E-state index contributed by atoms with van der Waals surface area (Å²) in [7, 11) is 0. The minimum atomic E-state index is -4.61. The van der Waals surface area contributed by atoms with Gasteiger partial charge in [-0.15, -0.1) is 0 Å². The van der Waals surface area contributed by atoms with Crippen molar-refractivity contribution < 1.29 is 38.4 Å². The highest BCUT2D eigenvalue weighted by molar-refractivity contribution is 6.02. The van der Waals surface area contributed by atoms with Gasteiger partial charge in [-0.3, -0.25) is 9.59 Å². The lowest BCUT2D eigenvalue weighted by Gasteiger charge is -2.26. The minimum absolute atomic E-state index is 0. The highest BCUT2D eigenvalue weighted by atomic mass is 19.4. The van der Waals surface area contributed by atoms with Crippen molar-refractivity contribution in [2.75, 3.05) is 38.4 Å². The van der Waals surface area contributed by atoms with Gasteiger partial charge in [-0.25, -0.2) is 0 Å². The van der Waals surface area contributed by atoms with Crippen LogP contribution in [0.4, 0.5) is 18.9 Å². The maximum absolute atomic E-state index is 13.8. The molecule has 2 fully saturated rings. The third-order valence-corrected chi connectivity index (χ3v) is 7.39. The molecular weight excluding hydrogens is 513 g/mol. The molecule has 7 nitrogen and oxygen atoms in total. The standard InChI is InChI=1S/C29H25F3N2O5.H2/c30-29(31,32)22-13-20(18-1-3-19(4-2-18)26(35)34-9-11-37-12-10-34)14-23(15-22)33-27(36)28(7-8-28)21-5-6-24-25(16-21)39-17-38-24;/h1-6,13-16H,7-12,17H2,(H,33,36);1H. The van der Waals surface area contributed by atoms with Crippen LogP contribution in [-0.2, 0) is 21.1 Å². The SMILES string of the molecule is O=C(c1ccc(-c2cc(NC(=O)C3(c4ccc5c(c4)OCO5)CC3)cc(C(F)(F)F)c2)cc1)N1CCOCC1.[HH]. The second kappa shape index (κ2) is 9.60. The molecule has 39 heavy (non-hydrogen) atoms. The van der Waals surface area contributed by atoms with Crippen LogP contribution in [0.3, 0.4) is 0 Å². The van der Waals surface area contributed by atoms with Crippen LogP contribution in [-0.4, -0.2) is 49.8 Å². The Hall–Kier alpha value is -4.05. The van der Waals surface area contributed by atoms with Crippen molar-refractivity contribution in [2.24, 2.45) is 0 Å². The normalized spacial score (nSPS) is 17.6. The molecule has 1 saturated carbocycles. The van der Waals surface area contributed by atoms with Crippen molar-refractivity contribution in [1.82, 2.24) is 4.90 Å². The molecular formula is C29H27F3N2O5. The maximum Gasteiger partial charge on any atom is 0.416 e. The molecule has 2 aliphatic heterocycles. The number of carbonyl (C=O) groups excluding carboxylic acids is 2. The van der Waals surface area contributed by atoms with Gasteiger partial charge in [0.05, 0.1) is 24.2 Å². The van der Waals surface area contributed by atoms with Gasteiger partial charge < -0.3 is 24.4 Å². The quantitative estimate of drug-likeness (QED) is 0.463. The zero-order valence-electron chi connectivity index (χ0n) is 20.8. The largest absolute Gasteiger partial charge is 0.454 e. The van der Waals surface area contributed by atoms with Gasteiger partial charge in [-0.2, -0.15) is 13.2 Å². The summed E-state index contributed by atoms with van der Waals surface area (Å²) in [5.41, 5.74) is 0.279. The van der Waals surface area contributed by atoms with E-state index in [-0.39, 0.29) is 31.3 Å². The number of hydrogen-bond donors (Lipinski definition) is 1. The lowest BCUT2D eigenvalue weighted by atomic mass is 9.94. The number of nitrogens with zero attached hydrogens (tertiary/aromatic N) is 1. The fraction of sp³-hybridized carbons (Fsp3) is 0.310. The van der Waals surface area contributed by atoms with Crippen LogP contribution in [0.5, 0.6) is 11.5 Å². The van der Waals surface area contributed by atoms with Crippen LogP contribution in [0.1, 0.15) is 35.8 Å². The smallest absolute Gasteiger partial charge is 0.416 e. The van der Waals surface area contributed by atoms with Gasteiger partial charge in [0.25, 0.3) is 5.91 Å². The molecule has 0 unspecified atom stereocenters. The third kappa shape index (κ3) is 4.92. The van der Waals surface area contributed by atoms with E-state index in [1.54, 1.807) is 47.4 Å². The molecule has 1 saturated heterocycles. The van der Waals surface area contributed by atoms with E-state index < -0.39 is 17.2 Å². The van der Waals surface area contributed by atoms with E-state index in [0.717, 1.165) is 17.7 Å². The molecule has 10 heteroatoms. The van der Waals surface area contributed by atoms with Crippen LogP contribution in [0.15, 0.2) is 60.7 Å². The Morgan fingerprint density at radius 2 is 1.59 bits per heavy atom. The number of alkyl halides is 3. The Bertz CT molecular complexity index is 1430. The lowest BCUT2D eigenvalue weighted by molar-refractivity contribution is -0.137. The summed E-state index contributed by atoms with van der Waals surface area (Å²) in [6.07, 6.45) is -3.47. The summed E-state index contributed by atoms with van der Waals surface area (Å²) in [6, 6.07) is 15.2. The number of ether oxygens (including phenoxy) is 3. The van der Waals surface area contributed by atoms with Gasteiger partial charge in [0.1, 0.15) is 0 Å². The zero-order chi connectivity index (χ0) is 27.2. The van der Waals surface area contributed by atoms with E-state index >= 15 is 0 Å². The summed E-state index contributed by atoms with van der Waals surface area (Å²) in [6.45, 7) is 2.03. The van der Waals surface area contributed by atoms with Crippen LogP contribution < -0.4 is 14.8 Å². The molecule has 2 amide bonds. The van der Waals surface area contributed by atoms with Crippen LogP contribution >= 0.6 is 0 Å². The Kier molecular flexibility index (Phi) is 6.22. The molecule has 204 valence electrons. The fourth-order valence-corrected chi connectivity index (χ4v) is 5.00. The van der Waals surface area contributed by atoms with Gasteiger partial charge in [-0.1, -0.05) is 18.2 Å². The van der Waals surface area contributed by atoms with E-state index in [1.165, 1.54) is 6.07 Å². The number of morpholine rings is 1. The highest BCUT2D eigenvalue weighted by Crippen LogP contribution is 2.51. The van der Waals surface area contributed by atoms with E-state index in [2.05, 4.69) is 5.32 Å². The van der Waals surface area contributed by atoms with Crippen molar-refractivity contribution >= 4 is 17.5 Å². The van der Waals surface area contributed by atoms with Crippen molar-refractivity contribution in [3.8, 4) is 22.6 Å². The first kappa shape index (κ1) is 25.2. The molecule has 1 aliphatic carbocycles. The van der Waals surface area contributed by atoms with Gasteiger partial charge in [0.2, 0.25) is 12.7 Å². The predicted octanol–water partition coefficient (Wildman–Crippen LogP) is 5.49. The van der Waals surface area contributed by atoms with Crippen molar-refractivity contribution in [3.63, 3.8) is 0 Å². The second-order valence-electron chi connectivity index (χ2n) is 9.88. The topological polar surface area (TPSA) is 77.1 Å². The van der Waals surface area contributed by atoms with Crippen LogP contribution in [0, 0.1) is 0 Å². The van der Waals surface area contributed by atoms with E-state index in [1.807, 2.05) is 0 Å². The van der Waals surface area contributed by atoms with E-state index in [9.17, 15) is 22.8 Å². The number of hydrogen-bond acceptors (Lipinski definition) is 5. The third-order valence-electron chi connectivity index (χ3n) is 7.39. The van der Waals surface area contributed by atoms with E-state index in [0.29, 0.717) is 61.8 Å². The van der Waals surface area contributed by atoms with E-state index in [4.69, 9.17) is 14.2 Å². The summed E-state index contributed by atoms with van der Waals surface area (Å²) in [4.78, 5) is 27.8. The van der Waals surface area contributed by atoms with Crippen molar-refractivity contribution in [3.05, 3.63) is 77.4 Å². The number of amides is 2. The molecule has 2 heterocycles. The van der Waals surface area contributed by atoms with Gasteiger partial charge in [-0.05, 0) is 72.0 Å². The van der Waals surface area contributed by atoms with Gasteiger partial charge in [0.15, 0.2) is 11.5 Å². The monoisotopic (exact) mass is 540 g/mol. The molecule has 3 aromatic rings. The highest BCUT2D eigenvalue weighted by Gasteiger charge is 2.51. The van der Waals surface area contributed by atoms with Gasteiger partial charge in [0, 0.05) is 25.8 Å². The zero-order valence-corrected chi connectivity index (χ0v) is 20.8. The Morgan fingerprint density at radius 1 is 0.872 bits per heavy atom. The molecule has 0 spiro atoms. The maximum atomic E-state index is 13.8. The Morgan fingerprint density at radius 3 is 2.28 bits per heavy atom. The van der Waals surface area contributed by atoms with Gasteiger partial charge >= 0.3 is 6.18 Å². The molecule has 0 aromatic heterocycles. The number of rotatable bonds is 5. The molecule has 0 radical (unpaired) electrons. The molecule has 0 atom stereocenters.